The second kappa shape index (κ2) is 3.08. The van der Waals surface area contributed by atoms with Crippen molar-refractivity contribution in [3.05, 3.63) is 0 Å². The zero-order chi connectivity index (χ0) is 4.99. The first kappa shape index (κ1) is 5.88. The lowest BCUT2D eigenvalue weighted by atomic mass is 10.4. The van der Waals surface area contributed by atoms with E-state index in [1.54, 1.807) is 0 Å². The molecule has 0 aromatic heterocycles. The Morgan fingerprint density at radius 3 is 2.33 bits per heavy atom. The van der Waals surface area contributed by atoms with E-state index >= 15 is 0 Å². The van der Waals surface area contributed by atoms with Crippen molar-refractivity contribution in [3.8, 4) is 0 Å². The Morgan fingerprint density at radius 2 is 2.33 bits per heavy atom. The van der Waals surface area contributed by atoms with Crippen LogP contribution in [0.1, 0.15) is 0 Å². The molecule has 0 heterocycles. The molecular formula is C3H8NO2. The highest BCUT2D eigenvalue weighted by atomic mass is 16.3. The fourth-order valence-corrected chi connectivity index (χ4v) is 0.0680. The molecule has 1 atom stereocenters. The molecule has 6 heavy (non-hydrogen) atoms. The Bertz CT molecular complexity index is 28.0. The molecule has 1 unspecified atom stereocenters. The molecule has 3 heteroatoms. The molecule has 3 N–H and O–H groups in total. The minimum absolute atomic E-state index is 0.0729. The van der Waals surface area contributed by atoms with Crippen LogP contribution in [-0.4, -0.2) is 24.4 Å². The molecule has 0 aromatic rings. The van der Waals surface area contributed by atoms with Gasteiger partial charge in [-0.25, -0.2) is 5.11 Å². The zero-order valence-electron chi connectivity index (χ0n) is 3.42. The third-order valence-electron chi connectivity index (χ3n) is 0.464. The third kappa shape index (κ3) is 2.14. The van der Waals surface area contributed by atoms with Gasteiger partial charge in [0.2, 0.25) is 0 Å². The molecule has 0 spiro atoms. The monoisotopic (exact) mass is 90.1 g/mol. The number of aliphatic hydroxyl groups excluding tert-OH is 1. The summed E-state index contributed by atoms with van der Waals surface area (Å²) in [6.45, 7) is -0.417. The second-order valence-corrected chi connectivity index (χ2v) is 1.06. The van der Waals surface area contributed by atoms with E-state index in [1.165, 1.54) is 0 Å². The summed E-state index contributed by atoms with van der Waals surface area (Å²) in [6, 6.07) is 0. The molecule has 0 aliphatic heterocycles. The van der Waals surface area contributed by atoms with E-state index in [0.717, 1.165) is 0 Å². The van der Waals surface area contributed by atoms with Crippen LogP contribution < -0.4 is 5.73 Å². The summed E-state index contributed by atoms with van der Waals surface area (Å²) in [7, 11) is 0. The van der Waals surface area contributed by atoms with E-state index < -0.39 is 12.7 Å². The quantitative estimate of drug-likeness (QED) is 0.444. The average Bonchev–Trinajstić information content (AvgIpc) is 1.65. The standard InChI is InChI=1S/C3H8NO2/c4-1-3(6)2-5/h3,6H,1-2,4H2. The number of hydrogen-bond acceptors (Lipinski definition) is 2. The van der Waals surface area contributed by atoms with Gasteiger partial charge in [-0.05, 0) is 0 Å². The largest absolute Gasteiger partial charge is 0.389 e. The first-order chi connectivity index (χ1) is 2.81. The van der Waals surface area contributed by atoms with E-state index in [9.17, 15) is 5.11 Å². The molecule has 0 saturated heterocycles. The number of hydrogen-bond donors (Lipinski definition) is 2. The van der Waals surface area contributed by atoms with Gasteiger partial charge in [-0.3, -0.25) is 0 Å². The highest BCUT2D eigenvalue weighted by Gasteiger charge is 1.94. The minimum Gasteiger partial charge on any atom is -0.389 e. The normalized spacial score (nSPS) is 14.5. The average molecular weight is 90.1 g/mol. The molecule has 0 aromatic carbocycles. The Kier molecular flexibility index (Phi) is 3.02. The summed E-state index contributed by atoms with van der Waals surface area (Å²) in [5.74, 6) is 0. The van der Waals surface area contributed by atoms with Crippen molar-refractivity contribution in [1.82, 2.24) is 0 Å². The van der Waals surface area contributed by atoms with Gasteiger partial charge in [0.25, 0.3) is 0 Å². The van der Waals surface area contributed by atoms with Crippen molar-refractivity contribution in [2.24, 2.45) is 5.73 Å². The third-order valence-corrected chi connectivity index (χ3v) is 0.464. The zero-order valence-corrected chi connectivity index (χ0v) is 3.42. The Balaban J connectivity index is 2.75. The molecule has 0 fully saturated rings. The van der Waals surface area contributed by atoms with Crippen molar-refractivity contribution < 1.29 is 10.2 Å². The molecule has 0 aliphatic rings. The summed E-state index contributed by atoms with van der Waals surface area (Å²) >= 11 is 0. The predicted molar refractivity (Wildman–Crippen MR) is 20.6 cm³/mol. The van der Waals surface area contributed by atoms with Crippen molar-refractivity contribution in [3.63, 3.8) is 0 Å². The Labute approximate surface area is 36.4 Å². The van der Waals surface area contributed by atoms with Crippen LogP contribution in [0.5, 0.6) is 0 Å². The lowest BCUT2D eigenvalue weighted by Crippen LogP contribution is -2.22. The molecule has 0 rings (SSSR count). The lowest BCUT2D eigenvalue weighted by Gasteiger charge is -1.95. The van der Waals surface area contributed by atoms with Crippen molar-refractivity contribution >= 4 is 0 Å². The second-order valence-electron chi connectivity index (χ2n) is 1.06. The first-order valence-corrected chi connectivity index (χ1v) is 1.77. The van der Waals surface area contributed by atoms with Crippen LogP contribution in [0.4, 0.5) is 0 Å². The van der Waals surface area contributed by atoms with Crippen LogP contribution in [0.3, 0.4) is 0 Å². The molecule has 0 aliphatic carbocycles. The Hall–Kier alpha value is -0.120. The van der Waals surface area contributed by atoms with Gasteiger partial charge in [-0.15, -0.1) is 0 Å². The topological polar surface area (TPSA) is 66.2 Å². The van der Waals surface area contributed by atoms with Gasteiger partial charge in [0, 0.05) is 6.54 Å². The summed E-state index contributed by atoms with van der Waals surface area (Å²) in [5.41, 5.74) is 4.83. The summed E-state index contributed by atoms with van der Waals surface area (Å²) in [6.07, 6.45) is -0.843. The molecule has 0 amide bonds. The lowest BCUT2D eigenvalue weighted by molar-refractivity contribution is 0.0610. The smallest absolute Gasteiger partial charge is 0.109 e. The molecule has 3 nitrogen and oxygen atoms in total. The van der Waals surface area contributed by atoms with Gasteiger partial charge in [-0.1, -0.05) is 0 Å². The Morgan fingerprint density at radius 1 is 1.83 bits per heavy atom. The fraction of sp³-hybridized carbons (Fsp3) is 1.00. The highest BCUT2D eigenvalue weighted by molar-refractivity contribution is 4.48. The van der Waals surface area contributed by atoms with E-state index in [1.807, 2.05) is 0 Å². The maximum Gasteiger partial charge on any atom is 0.109 e. The molecule has 0 bridgehead atoms. The number of aliphatic hydroxyl groups is 1. The van der Waals surface area contributed by atoms with Gasteiger partial charge in [-0.2, -0.15) is 0 Å². The van der Waals surface area contributed by atoms with Crippen LogP contribution >= 0.6 is 0 Å². The van der Waals surface area contributed by atoms with Crippen molar-refractivity contribution in [1.29, 1.82) is 0 Å². The number of rotatable bonds is 2. The van der Waals surface area contributed by atoms with E-state index in [2.05, 4.69) is 0 Å². The summed E-state index contributed by atoms with van der Waals surface area (Å²) in [4.78, 5) is 0. The molecule has 1 radical (unpaired) electrons. The van der Waals surface area contributed by atoms with Crippen LogP contribution in [0.2, 0.25) is 0 Å². The van der Waals surface area contributed by atoms with E-state index in [4.69, 9.17) is 10.8 Å². The van der Waals surface area contributed by atoms with Gasteiger partial charge < -0.3 is 10.8 Å². The van der Waals surface area contributed by atoms with Crippen LogP contribution in [-0.2, 0) is 5.11 Å². The van der Waals surface area contributed by atoms with Gasteiger partial charge >= 0.3 is 0 Å². The number of nitrogens with two attached hydrogens (primary N) is 1. The molecule has 37 valence electrons. The molecule has 0 saturated carbocycles. The van der Waals surface area contributed by atoms with Crippen LogP contribution in [0.15, 0.2) is 0 Å². The highest BCUT2D eigenvalue weighted by Crippen LogP contribution is 1.70. The molecular weight excluding hydrogens is 82.0 g/mol. The first-order valence-electron chi connectivity index (χ1n) is 1.77. The SMILES string of the molecule is NCC(O)C[O]. The van der Waals surface area contributed by atoms with Gasteiger partial charge in [0.05, 0.1) is 6.10 Å². The van der Waals surface area contributed by atoms with Crippen molar-refractivity contribution in [2.45, 2.75) is 6.10 Å². The van der Waals surface area contributed by atoms with Crippen LogP contribution in [0.25, 0.3) is 0 Å². The maximum absolute atomic E-state index is 9.53. The van der Waals surface area contributed by atoms with Gasteiger partial charge in [0.15, 0.2) is 0 Å². The minimum atomic E-state index is -0.843. The summed E-state index contributed by atoms with van der Waals surface area (Å²) in [5, 5.41) is 17.8. The fourth-order valence-electron chi connectivity index (χ4n) is 0.0680. The van der Waals surface area contributed by atoms with E-state index in [0.29, 0.717) is 0 Å². The summed E-state index contributed by atoms with van der Waals surface area (Å²) < 4.78 is 0. The van der Waals surface area contributed by atoms with Crippen molar-refractivity contribution in [2.75, 3.05) is 13.2 Å². The van der Waals surface area contributed by atoms with Crippen LogP contribution in [0, 0.1) is 0 Å². The maximum atomic E-state index is 9.53. The van der Waals surface area contributed by atoms with E-state index in [-0.39, 0.29) is 6.54 Å². The van der Waals surface area contributed by atoms with Gasteiger partial charge in [0.1, 0.15) is 6.61 Å². The predicted octanol–water partition coefficient (Wildman–Crippen LogP) is -1.26.